The van der Waals surface area contributed by atoms with Crippen LogP contribution in [-0.4, -0.2) is 30.0 Å². The molecule has 0 aliphatic carbocycles. The SMILES string of the molecule is Cc1cccc(CNc2cccc(C(=O)N(C)C)c2)c1O. The topological polar surface area (TPSA) is 52.6 Å². The van der Waals surface area contributed by atoms with Crippen molar-refractivity contribution in [2.75, 3.05) is 19.4 Å². The quantitative estimate of drug-likeness (QED) is 0.907. The summed E-state index contributed by atoms with van der Waals surface area (Å²) in [5, 5.41) is 13.2. The second-order valence-electron chi connectivity index (χ2n) is 5.22. The van der Waals surface area contributed by atoms with Gasteiger partial charge in [-0.2, -0.15) is 0 Å². The first-order valence-electron chi connectivity index (χ1n) is 6.82. The molecule has 0 aliphatic heterocycles. The first-order chi connectivity index (χ1) is 9.99. The minimum Gasteiger partial charge on any atom is -0.507 e. The molecule has 0 aliphatic rings. The van der Waals surface area contributed by atoms with E-state index in [-0.39, 0.29) is 5.91 Å². The highest BCUT2D eigenvalue weighted by atomic mass is 16.3. The Balaban J connectivity index is 2.12. The number of rotatable bonds is 4. The van der Waals surface area contributed by atoms with E-state index in [9.17, 15) is 9.90 Å². The van der Waals surface area contributed by atoms with Gasteiger partial charge in [0.05, 0.1) is 0 Å². The van der Waals surface area contributed by atoms with Crippen molar-refractivity contribution in [1.29, 1.82) is 0 Å². The smallest absolute Gasteiger partial charge is 0.253 e. The molecule has 0 saturated carbocycles. The van der Waals surface area contributed by atoms with Crippen molar-refractivity contribution in [2.45, 2.75) is 13.5 Å². The number of phenols is 1. The number of carbonyl (C=O) groups excluding carboxylic acids is 1. The predicted octanol–water partition coefficient (Wildman–Crippen LogP) is 3.01. The summed E-state index contributed by atoms with van der Waals surface area (Å²) < 4.78 is 0. The van der Waals surface area contributed by atoms with E-state index in [4.69, 9.17) is 0 Å². The molecule has 1 amide bonds. The molecule has 0 aromatic heterocycles. The molecule has 4 heteroatoms. The Morgan fingerprint density at radius 2 is 1.90 bits per heavy atom. The summed E-state index contributed by atoms with van der Waals surface area (Å²) in [6.07, 6.45) is 0. The molecular formula is C17H20N2O2. The van der Waals surface area contributed by atoms with E-state index in [1.165, 1.54) is 0 Å². The zero-order chi connectivity index (χ0) is 15.4. The largest absolute Gasteiger partial charge is 0.507 e. The average Bonchev–Trinajstić information content (AvgIpc) is 2.48. The first-order valence-corrected chi connectivity index (χ1v) is 6.82. The molecular weight excluding hydrogens is 264 g/mol. The molecule has 2 rings (SSSR count). The minimum atomic E-state index is -0.0305. The third kappa shape index (κ3) is 3.54. The Morgan fingerprint density at radius 1 is 1.19 bits per heavy atom. The standard InChI is InChI=1S/C17H20N2O2/c1-12-6-4-8-14(16(12)20)11-18-15-9-5-7-13(10-15)17(21)19(2)3/h4-10,18,20H,11H2,1-3H3. The van der Waals surface area contributed by atoms with Crippen LogP contribution in [-0.2, 0) is 6.54 Å². The van der Waals surface area contributed by atoms with Crippen LogP contribution in [0.4, 0.5) is 5.69 Å². The van der Waals surface area contributed by atoms with Crippen molar-refractivity contribution in [1.82, 2.24) is 4.90 Å². The third-order valence-corrected chi connectivity index (χ3v) is 3.32. The summed E-state index contributed by atoms with van der Waals surface area (Å²) in [6.45, 7) is 2.38. The maximum absolute atomic E-state index is 11.9. The first kappa shape index (κ1) is 14.9. The molecule has 0 heterocycles. The molecule has 0 atom stereocenters. The Bertz CT molecular complexity index is 651. The van der Waals surface area contributed by atoms with Crippen molar-refractivity contribution in [3.8, 4) is 5.75 Å². The molecule has 2 aromatic carbocycles. The van der Waals surface area contributed by atoms with Crippen LogP contribution < -0.4 is 5.32 Å². The lowest BCUT2D eigenvalue weighted by molar-refractivity contribution is 0.0827. The average molecular weight is 284 g/mol. The van der Waals surface area contributed by atoms with Gasteiger partial charge in [0.25, 0.3) is 5.91 Å². The highest BCUT2D eigenvalue weighted by Gasteiger charge is 2.08. The van der Waals surface area contributed by atoms with Gasteiger partial charge in [0, 0.05) is 37.5 Å². The van der Waals surface area contributed by atoms with Crippen molar-refractivity contribution in [2.24, 2.45) is 0 Å². The number of hydrogen-bond acceptors (Lipinski definition) is 3. The molecule has 0 unspecified atom stereocenters. The number of benzene rings is 2. The van der Waals surface area contributed by atoms with Crippen molar-refractivity contribution in [3.05, 3.63) is 59.2 Å². The number of hydrogen-bond donors (Lipinski definition) is 2. The van der Waals surface area contributed by atoms with Crippen LogP contribution in [0.25, 0.3) is 0 Å². The summed E-state index contributed by atoms with van der Waals surface area (Å²) in [5.74, 6) is 0.280. The van der Waals surface area contributed by atoms with Crippen LogP contribution in [0.3, 0.4) is 0 Å². The number of phenolic OH excluding ortho intramolecular Hbond substituents is 1. The molecule has 4 nitrogen and oxygen atoms in total. The predicted molar refractivity (Wildman–Crippen MR) is 84.6 cm³/mol. The van der Waals surface area contributed by atoms with Gasteiger partial charge in [-0.25, -0.2) is 0 Å². The van der Waals surface area contributed by atoms with E-state index >= 15 is 0 Å². The lowest BCUT2D eigenvalue weighted by atomic mass is 10.1. The van der Waals surface area contributed by atoms with E-state index in [0.717, 1.165) is 16.8 Å². The second kappa shape index (κ2) is 6.31. The third-order valence-electron chi connectivity index (χ3n) is 3.32. The summed E-state index contributed by atoms with van der Waals surface area (Å²) >= 11 is 0. The number of nitrogens with zero attached hydrogens (tertiary/aromatic N) is 1. The fourth-order valence-electron chi connectivity index (χ4n) is 2.08. The van der Waals surface area contributed by atoms with Crippen LogP contribution in [0.15, 0.2) is 42.5 Å². The van der Waals surface area contributed by atoms with Gasteiger partial charge in [-0.3, -0.25) is 4.79 Å². The van der Waals surface area contributed by atoms with Gasteiger partial charge in [0.15, 0.2) is 0 Å². The molecule has 0 bridgehead atoms. The number of carbonyl (C=O) groups is 1. The zero-order valence-corrected chi connectivity index (χ0v) is 12.6. The Morgan fingerprint density at radius 3 is 2.62 bits per heavy atom. The molecule has 0 saturated heterocycles. The van der Waals surface area contributed by atoms with Gasteiger partial charge in [-0.1, -0.05) is 24.3 Å². The Hall–Kier alpha value is -2.49. The molecule has 2 aromatic rings. The van der Waals surface area contributed by atoms with Gasteiger partial charge in [-0.15, -0.1) is 0 Å². The van der Waals surface area contributed by atoms with Crippen LogP contribution in [0, 0.1) is 6.92 Å². The highest BCUT2D eigenvalue weighted by Crippen LogP contribution is 2.22. The summed E-state index contributed by atoms with van der Waals surface area (Å²) in [5.41, 5.74) is 3.17. The van der Waals surface area contributed by atoms with E-state index in [2.05, 4.69) is 5.32 Å². The van der Waals surface area contributed by atoms with Crippen LogP contribution in [0.2, 0.25) is 0 Å². The normalized spacial score (nSPS) is 10.2. The molecule has 21 heavy (non-hydrogen) atoms. The van der Waals surface area contributed by atoms with Gasteiger partial charge >= 0.3 is 0 Å². The van der Waals surface area contributed by atoms with Gasteiger partial charge in [0.2, 0.25) is 0 Å². The summed E-state index contributed by atoms with van der Waals surface area (Å²) in [7, 11) is 3.46. The molecule has 0 fully saturated rings. The molecule has 110 valence electrons. The van der Waals surface area contributed by atoms with Crippen molar-refractivity contribution < 1.29 is 9.90 Å². The van der Waals surface area contributed by atoms with Crippen molar-refractivity contribution in [3.63, 3.8) is 0 Å². The maximum Gasteiger partial charge on any atom is 0.253 e. The Kier molecular flexibility index (Phi) is 4.48. The number of para-hydroxylation sites is 1. The van der Waals surface area contributed by atoms with E-state index in [1.807, 2.05) is 43.3 Å². The number of nitrogens with one attached hydrogen (secondary N) is 1. The fourth-order valence-corrected chi connectivity index (χ4v) is 2.08. The van der Waals surface area contributed by atoms with Crippen LogP contribution >= 0.6 is 0 Å². The van der Waals surface area contributed by atoms with E-state index < -0.39 is 0 Å². The van der Waals surface area contributed by atoms with Crippen LogP contribution in [0.5, 0.6) is 5.75 Å². The maximum atomic E-state index is 11.9. The Labute approximate surface area is 125 Å². The zero-order valence-electron chi connectivity index (χ0n) is 12.6. The van der Waals surface area contributed by atoms with E-state index in [0.29, 0.717) is 17.9 Å². The summed E-state index contributed by atoms with van der Waals surface area (Å²) in [6, 6.07) is 13.0. The van der Waals surface area contributed by atoms with Gasteiger partial charge < -0.3 is 15.3 Å². The van der Waals surface area contributed by atoms with Gasteiger partial charge in [0.1, 0.15) is 5.75 Å². The van der Waals surface area contributed by atoms with E-state index in [1.54, 1.807) is 25.1 Å². The number of aryl methyl sites for hydroxylation is 1. The highest BCUT2D eigenvalue weighted by molar-refractivity contribution is 5.94. The molecule has 0 radical (unpaired) electrons. The second-order valence-corrected chi connectivity index (χ2v) is 5.22. The van der Waals surface area contributed by atoms with Gasteiger partial charge in [-0.05, 0) is 30.7 Å². The molecule has 0 spiro atoms. The van der Waals surface area contributed by atoms with Crippen LogP contribution in [0.1, 0.15) is 21.5 Å². The number of anilines is 1. The fraction of sp³-hybridized carbons (Fsp3) is 0.235. The lowest BCUT2D eigenvalue weighted by Crippen LogP contribution is -2.21. The molecule has 2 N–H and O–H groups in total. The lowest BCUT2D eigenvalue weighted by Gasteiger charge is -2.13. The minimum absolute atomic E-state index is 0.0305. The summed E-state index contributed by atoms with van der Waals surface area (Å²) in [4.78, 5) is 13.5. The number of aromatic hydroxyl groups is 1. The monoisotopic (exact) mass is 284 g/mol. The number of amides is 1. The van der Waals surface area contributed by atoms with Crippen molar-refractivity contribution >= 4 is 11.6 Å².